The van der Waals surface area contributed by atoms with Crippen molar-refractivity contribution in [3.05, 3.63) is 87.8 Å². The molecule has 3 rings (SSSR count). The van der Waals surface area contributed by atoms with Gasteiger partial charge < -0.3 is 14.9 Å². The average molecular weight is 343 g/mol. The van der Waals surface area contributed by atoms with Gasteiger partial charge in [0.05, 0.1) is 12.4 Å². The van der Waals surface area contributed by atoms with E-state index in [0.29, 0.717) is 17.1 Å². The van der Waals surface area contributed by atoms with Gasteiger partial charge in [-0.2, -0.15) is 0 Å². The summed E-state index contributed by atoms with van der Waals surface area (Å²) in [7, 11) is 0. The van der Waals surface area contributed by atoms with Gasteiger partial charge in [0, 0.05) is 41.8 Å². The van der Waals surface area contributed by atoms with E-state index in [2.05, 4.69) is 15.3 Å². The third-order valence-corrected chi connectivity index (χ3v) is 3.88. The zero-order valence-electron chi connectivity index (χ0n) is 12.6. The molecule has 7 heteroatoms. The Kier molecular flexibility index (Phi) is 4.77. The molecule has 1 atom stereocenters. The third kappa shape index (κ3) is 3.72. The fourth-order valence-corrected chi connectivity index (χ4v) is 2.54. The zero-order chi connectivity index (χ0) is 16.9. The SMILES string of the molecule is O=C(NCC(c1ccc(Cl)cc1)n1ccnc1)c1cc[nH]c(=O)c1. The standard InChI is InChI=1S/C17H15ClN4O2/c18-14-3-1-12(2-4-14)15(22-8-7-19-11-22)10-21-17(24)13-5-6-20-16(23)9-13/h1-9,11,15H,10H2,(H,20,23)(H,21,24). The van der Waals surface area contributed by atoms with Crippen LogP contribution in [-0.4, -0.2) is 27.0 Å². The number of rotatable bonds is 5. The molecule has 1 unspecified atom stereocenters. The average Bonchev–Trinajstić information content (AvgIpc) is 3.11. The van der Waals surface area contributed by atoms with Gasteiger partial charge >= 0.3 is 0 Å². The van der Waals surface area contributed by atoms with E-state index in [9.17, 15) is 9.59 Å². The minimum absolute atomic E-state index is 0.129. The van der Waals surface area contributed by atoms with Crippen LogP contribution in [0.3, 0.4) is 0 Å². The summed E-state index contributed by atoms with van der Waals surface area (Å²) in [4.78, 5) is 30.1. The van der Waals surface area contributed by atoms with Crippen molar-refractivity contribution in [3.8, 4) is 0 Å². The Labute approximate surface area is 143 Å². The summed E-state index contributed by atoms with van der Waals surface area (Å²) < 4.78 is 1.90. The number of nitrogens with one attached hydrogen (secondary N) is 2. The lowest BCUT2D eigenvalue weighted by Crippen LogP contribution is -2.31. The molecule has 2 N–H and O–H groups in total. The number of halogens is 1. The van der Waals surface area contributed by atoms with Crippen LogP contribution in [0.5, 0.6) is 0 Å². The molecular formula is C17H15ClN4O2. The van der Waals surface area contributed by atoms with E-state index in [-0.39, 0.29) is 17.5 Å². The van der Waals surface area contributed by atoms with Crippen molar-refractivity contribution in [1.82, 2.24) is 19.9 Å². The highest BCUT2D eigenvalue weighted by atomic mass is 35.5. The molecule has 0 aliphatic heterocycles. The number of carbonyl (C=O) groups excluding carboxylic acids is 1. The van der Waals surface area contributed by atoms with Crippen molar-refractivity contribution >= 4 is 17.5 Å². The van der Waals surface area contributed by atoms with E-state index in [1.165, 1.54) is 12.3 Å². The summed E-state index contributed by atoms with van der Waals surface area (Å²) >= 11 is 5.94. The van der Waals surface area contributed by atoms with Crippen molar-refractivity contribution in [2.45, 2.75) is 6.04 Å². The van der Waals surface area contributed by atoms with Crippen LogP contribution in [0.15, 0.2) is 66.1 Å². The first-order valence-electron chi connectivity index (χ1n) is 7.33. The molecule has 0 aliphatic carbocycles. The summed E-state index contributed by atoms with van der Waals surface area (Å²) in [6, 6.07) is 10.1. The molecule has 122 valence electrons. The number of aromatic nitrogens is 3. The van der Waals surface area contributed by atoms with Crippen LogP contribution in [0, 0.1) is 0 Å². The van der Waals surface area contributed by atoms with Gasteiger partial charge in [0.25, 0.3) is 5.91 Å². The molecule has 0 saturated carbocycles. The largest absolute Gasteiger partial charge is 0.350 e. The van der Waals surface area contributed by atoms with Gasteiger partial charge in [-0.3, -0.25) is 9.59 Å². The number of benzene rings is 1. The monoisotopic (exact) mass is 342 g/mol. The maximum atomic E-state index is 12.2. The lowest BCUT2D eigenvalue weighted by molar-refractivity contribution is 0.0949. The van der Waals surface area contributed by atoms with Crippen LogP contribution in [0.2, 0.25) is 5.02 Å². The number of pyridine rings is 1. The molecule has 2 heterocycles. The van der Waals surface area contributed by atoms with E-state index >= 15 is 0 Å². The molecule has 1 amide bonds. The predicted molar refractivity (Wildman–Crippen MR) is 91.2 cm³/mol. The molecule has 0 radical (unpaired) electrons. The summed E-state index contributed by atoms with van der Waals surface area (Å²) in [6.45, 7) is 0.351. The number of H-pyrrole nitrogens is 1. The lowest BCUT2D eigenvalue weighted by atomic mass is 10.1. The Morgan fingerprint density at radius 3 is 2.75 bits per heavy atom. The van der Waals surface area contributed by atoms with Gasteiger partial charge in [0.1, 0.15) is 0 Å². The van der Waals surface area contributed by atoms with E-state index in [0.717, 1.165) is 5.56 Å². The first kappa shape index (κ1) is 16.0. The van der Waals surface area contributed by atoms with Gasteiger partial charge in [0.15, 0.2) is 0 Å². The third-order valence-electron chi connectivity index (χ3n) is 3.63. The number of nitrogens with zero attached hydrogens (tertiary/aromatic N) is 2. The first-order valence-corrected chi connectivity index (χ1v) is 7.71. The summed E-state index contributed by atoms with van der Waals surface area (Å²) in [5.41, 5.74) is 0.995. The second-order valence-electron chi connectivity index (χ2n) is 5.23. The van der Waals surface area contributed by atoms with E-state index < -0.39 is 0 Å². The van der Waals surface area contributed by atoms with Crippen LogP contribution in [0.1, 0.15) is 22.0 Å². The number of amides is 1. The zero-order valence-corrected chi connectivity index (χ0v) is 13.4. The first-order chi connectivity index (χ1) is 11.6. The Balaban J connectivity index is 1.79. The van der Waals surface area contributed by atoms with Crippen LogP contribution in [0.4, 0.5) is 0 Å². The van der Waals surface area contributed by atoms with Gasteiger partial charge in [-0.05, 0) is 23.8 Å². The summed E-state index contributed by atoms with van der Waals surface area (Å²) in [5, 5.41) is 3.50. The second-order valence-corrected chi connectivity index (χ2v) is 5.67. The quantitative estimate of drug-likeness (QED) is 0.746. The highest BCUT2D eigenvalue weighted by molar-refractivity contribution is 6.30. The van der Waals surface area contributed by atoms with Gasteiger partial charge in [-0.15, -0.1) is 0 Å². The Hall–Kier alpha value is -2.86. The fourth-order valence-electron chi connectivity index (χ4n) is 2.41. The maximum Gasteiger partial charge on any atom is 0.251 e. The number of carbonyl (C=O) groups is 1. The normalized spacial score (nSPS) is 11.9. The molecule has 0 aliphatic rings. The molecule has 6 nitrogen and oxygen atoms in total. The minimum Gasteiger partial charge on any atom is -0.350 e. The Bertz CT molecular complexity index is 872. The number of hydrogen-bond donors (Lipinski definition) is 2. The summed E-state index contributed by atoms with van der Waals surface area (Å²) in [5.74, 6) is -0.305. The highest BCUT2D eigenvalue weighted by Crippen LogP contribution is 2.20. The molecule has 24 heavy (non-hydrogen) atoms. The maximum absolute atomic E-state index is 12.2. The molecule has 3 aromatic rings. The van der Waals surface area contributed by atoms with Crippen LogP contribution in [0.25, 0.3) is 0 Å². The molecular weight excluding hydrogens is 328 g/mol. The number of aromatic amines is 1. The van der Waals surface area contributed by atoms with Gasteiger partial charge in [0.2, 0.25) is 5.56 Å². The smallest absolute Gasteiger partial charge is 0.251 e. The van der Waals surface area contributed by atoms with Crippen LogP contribution >= 0.6 is 11.6 Å². The van der Waals surface area contributed by atoms with Crippen LogP contribution in [-0.2, 0) is 0 Å². The molecule has 0 fully saturated rings. The van der Waals surface area contributed by atoms with Gasteiger partial charge in [-0.1, -0.05) is 23.7 Å². The highest BCUT2D eigenvalue weighted by Gasteiger charge is 2.15. The predicted octanol–water partition coefficient (Wildman–Crippen LogP) is 2.24. The molecule has 0 saturated heterocycles. The van der Waals surface area contributed by atoms with Crippen molar-refractivity contribution in [2.24, 2.45) is 0 Å². The van der Waals surface area contributed by atoms with Crippen LogP contribution < -0.4 is 10.9 Å². The number of hydrogen-bond acceptors (Lipinski definition) is 3. The molecule has 1 aromatic carbocycles. The summed E-state index contributed by atoms with van der Waals surface area (Å²) in [6.07, 6.45) is 6.66. The minimum atomic E-state index is -0.313. The van der Waals surface area contributed by atoms with Crippen molar-refractivity contribution < 1.29 is 4.79 Å². The Morgan fingerprint density at radius 2 is 2.08 bits per heavy atom. The second kappa shape index (κ2) is 7.14. The molecule has 2 aromatic heterocycles. The van der Waals surface area contributed by atoms with E-state index in [1.54, 1.807) is 30.7 Å². The van der Waals surface area contributed by atoms with E-state index in [1.807, 2.05) is 22.9 Å². The van der Waals surface area contributed by atoms with Crippen molar-refractivity contribution in [3.63, 3.8) is 0 Å². The molecule has 0 spiro atoms. The van der Waals surface area contributed by atoms with Crippen molar-refractivity contribution in [2.75, 3.05) is 6.54 Å². The lowest BCUT2D eigenvalue weighted by Gasteiger charge is -2.19. The molecule has 0 bridgehead atoms. The topological polar surface area (TPSA) is 79.8 Å². The van der Waals surface area contributed by atoms with E-state index in [4.69, 9.17) is 11.6 Å². The fraction of sp³-hybridized carbons (Fsp3) is 0.118. The van der Waals surface area contributed by atoms with Crippen molar-refractivity contribution in [1.29, 1.82) is 0 Å². The number of imidazole rings is 1. The Morgan fingerprint density at radius 1 is 1.29 bits per heavy atom. The van der Waals surface area contributed by atoms with Gasteiger partial charge in [-0.25, -0.2) is 4.98 Å².